The Morgan fingerprint density at radius 1 is 1.33 bits per heavy atom. The minimum absolute atomic E-state index is 0.118. The van der Waals surface area contributed by atoms with Gasteiger partial charge in [-0.2, -0.15) is 0 Å². The molecule has 0 saturated heterocycles. The number of carbonyl (C=O) groups is 1. The molecule has 0 aromatic heterocycles. The van der Waals surface area contributed by atoms with Gasteiger partial charge in [-0.05, 0) is 31.9 Å². The van der Waals surface area contributed by atoms with Crippen LogP contribution in [0.2, 0.25) is 0 Å². The second-order valence-corrected chi connectivity index (χ2v) is 4.00. The fourth-order valence-corrected chi connectivity index (χ4v) is 1.45. The molecule has 1 rings (SSSR count). The fourth-order valence-electron chi connectivity index (χ4n) is 1.45. The zero-order valence-corrected chi connectivity index (χ0v) is 9.45. The van der Waals surface area contributed by atoms with Gasteiger partial charge in [0.25, 0.3) is 0 Å². The quantitative estimate of drug-likeness (QED) is 0.787. The smallest absolute Gasteiger partial charge is 0.241 e. The average molecular weight is 206 g/mol. The molecule has 82 valence electrons. The van der Waals surface area contributed by atoms with Crippen LogP contribution in [0.1, 0.15) is 31.0 Å². The Bertz CT molecular complexity index is 347. The van der Waals surface area contributed by atoms with Crippen molar-refractivity contribution in [3.63, 3.8) is 0 Å². The summed E-state index contributed by atoms with van der Waals surface area (Å²) < 4.78 is 0. The first-order chi connectivity index (χ1) is 7.02. The van der Waals surface area contributed by atoms with E-state index in [2.05, 4.69) is 5.32 Å². The van der Waals surface area contributed by atoms with Crippen molar-refractivity contribution in [2.45, 2.75) is 32.9 Å². The molecule has 1 aromatic carbocycles. The van der Waals surface area contributed by atoms with Gasteiger partial charge in [0.05, 0.1) is 0 Å². The normalized spacial score (nSPS) is 12.6. The van der Waals surface area contributed by atoms with E-state index in [0.717, 1.165) is 11.1 Å². The lowest BCUT2D eigenvalue weighted by Gasteiger charge is -2.16. The molecule has 1 atom stereocenters. The molecule has 0 saturated carbocycles. The molecule has 0 aliphatic heterocycles. The van der Waals surface area contributed by atoms with E-state index in [4.69, 9.17) is 5.73 Å². The van der Waals surface area contributed by atoms with Gasteiger partial charge in [-0.3, -0.25) is 4.79 Å². The molecule has 0 aliphatic rings. The van der Waals surface area contributed by atoms with E-state index in [0.29, 0.717) is 0 Å². The summed E-state index contributed by atoms with van der Waals surface area (Å²) in [7, 11) is 0. The molecule has 15 heavy (non-hydrogen) atoms. The summed E-state index contributed by atoms with van der Waals surface area (Å²) in [6.07, 6.45) is 0. The van der Waals surface area contributed by atoms with E-state index in [9.17, 15) is 4.79 Å². The molecule has 0 radical (unpaired) electrons. The maximum atomic E-state index is 11.7. The Morgan fingerprint density at radius 3 is 2.47 bits per heavy atom. The van der Waals surface area contributed by atoms with E-state index in [-0.39, 0.29) is 11.9 Å². The van der Waals surface area contributed by atoms with Crippen molar-refractivity contribution in [3.05, 3.63) is 35.4 Å². The molecule has 0 bridgehead atoms. The number of carbonyl (C=O) groups excluding carboxylic acids is 1. The number of nitrogens with two attached hydrogens (primary N) is 1. The standard InChI is InChI=1S/C12H18N2O/c1-8(2)14-12(15)11(13)10-7-5-4-6-9(10)3/h4-8,11H,13H2,1-3H3,(H,14,15). The third-order valence-corrected chi connectivity index (χ3v) is 2.24. The van der Waals surface area contributed by atoms with Crippen molar-refractivity contribution in [1.82, 2.24) is 5.32 Å². The van der Waals surface area contributed by atoms with E-state index >= 15 is 0 Å². The predicted octanol–water partition coefficient (Wildman–Crippen LogP) is 1.52. The van der Waals surface area contributed by atoms with Crippen molar-refractivity contribution in [3.8, 4) is 0 Å². The highest BCUT2D eigenvalue weighted by Crippen LogP contribution is 2.15. The number of amides is 1. The molecule has 0 fully saturated rings. The van der Waals surface area contributed by atoms with E-state index in [1.54, 1.807) is 0 Å². The monoisotopic (exact) mass is 206 g/mol. The second kappa shape index (κ2) is 4.94. The van der Waals surface area contributed by atoms with Crippen molar-refractivity contribution in [2.75, 3.05) is 0 Å². The van der Waals surface area contributed by atoms with Crippen LogP contribution < -0.4 is 11.1 Å². The molecule has 3 N–H and O–H groups in total. The highest BCUT2D eigenvalue weighted by Gasteiger charge is 2.17. The van der Waals surface area contributed by atoms with Crippen LogP contribution in [-0.4, -0.2) is 11.9 Å². The van der Waals surface area contributed by atoms with Gasteiger partial charge in [-0.1, -0.05) is 24.3 Å². The van der Waals surface area contributed by atoms with Crippen LogP contribution in [0, 0.1) is 6.92 Å². The molecular formula is C12H18N2O. The van der Waals surface area contributed by atoms with E-state index in [1.807, 2.05) is 45.0 Å². The summed E-state index contributed by atoms with van der Waals surface area (Å²) in [6, 6.07) is 7.22. The van der Waals surface area contributed by atoms with Gasteiger partial charge in [0, 0.05) is 6.04 Å². The Hall–Kier alpha value is -1.35. The highest BCUT2D eigenvalue weighted by molar-refractivity contribution is 5.83. The molecule has 3 nitrogen and oxygen atoms in total. The summed E-state index contributed by atoms with van der Waals surface area (Å²) in [6.45, 7) is 5.79. The van der Waals surface area contributed by atoms with Crippen LogP contribution >= 0.6 is 0 Å². The van der Waals surface area contributed by atoms with Gasteiger partial charge in [-0.25, -0.2) is 0 Å². The van der Waals surface area contributed by atoms with Gasteiger partial charge in [0.1, 0.15) is 6.04 Å². The van der Waals surface area contributed by atoms with Crippen molar-refractivity contribution in [2.24, 2.45) is 5.73 Å². The minimum atomic E-state index is -0.575. The van der Waals surface area contributed by atoms with Crippen LogP contribution in [0.15, 0.2) is 24.3 Å². The largest absolute Gasteiger partial charge is 0.352 e. The number of nitrogens with one attached hydrogen (secondary N) is 1. The van der Waals surface area contributed by atoms with Gasteiger partial charge < -0.3 is 11.1 Å². The van der Waals surface area contributed by atoms with Gasteiger partial charge >= 0.3 is 0 Å². The lowest BCUT2D eigenvalue weighted by atomic mass is 10.0. The SMILES string of the molecule is Cc1ccccc1C(N)C(=O)NC(C)C. The summed E-state index contributed by atoms with van der Waals surface area (Å²) >= 11 is 0. The summed E-state index contributed by atoms with van der Waals surface area (Å²) in [5, 5.41) is 2.80. The lowest BCUT2D eigenvalue weighted by molar-refractivity contribution is -0.123. The third-order valence-electron chi connectivity index (χ3n) is 2.24. The van der Waals surface area contributed by atoms with Crippen LogP contribution in [-0.2, 0) is 4.79 Å². The Kier molecular flexibility index (Phi) is 3.86. The van der Waals surface area contributed by atoms with Crippen molar-refractivity contribution >= 4 is 5.91 Å². The van der Waals surface area contributed by atoms with Crippen LogP contribution in [0.5, 0.6) is 0 Å². The number of hydrogen-bond donors (Lipinski definition) is 2. The van der Waals surface area contributed by atoms with Gasteiger partial charge in [-0.15, -0.1) is 0 Å². The van der Waals surface area contributed by atoms with Crippen LogP contribution in [0.3, 0.4) is 0 Å². The first kappa shape index (κ1) is 11.7. The predicted molar refractivity (Wildman–Crippen MR) is 61.4 cm³/mol. The number of hydrogen-bond acceptors (Lipinski definition) is 2. The molecular weight excluding hydrogens is 188 g/mol. The van der Waals surface area contributed by atoms with Gasteiger partial charge in [0.2, 0.25) is 5.91 Å². The van der Waals surface area contributed by atoms with Crippen molar-refractivity contribution in [1.29, 1.82) is 0 Å². The maximum absolute atomic E-state index is 11.7. The first-order valence-corrected chi connectivity index (χ1v) is 5.14. The Balaban J connectivity index is 2.81. The lowest BCUT2D eigenvalue weighted by Crippen LogP contribution is -2.38. The highest BCUT2D eigenvalue weighted by atomic mass is 16.2. The fraction of sp³-hybridized carbons (Fsp3) is 0.417. The summed E-state index contributed by atoms with van der Waals surface area (Å²) in [5.41, 5.74) is 7.81. The summed E-state index contributed by atoms with van der Waals surface area (Å²) in [4.78, 5) is 11.7. The van der Waals surface area contributed by atoms with Crippen molar-refractivity contribution < 1.29 is 4.79 Å². The number of rotatable bonds is 3. The molecule has 3 heteroatoms. The maximum Gasteiger partial charge on any atom is 0.241 e. The molecule has 1 unspecified atom stereocenters. The topological polar surface area (TPSA) is 55.1 Å². The molecule has 1 amide bonds. The summed E-state index contributed by atoms with van der Waals surface area (Å²) in [5.74, 6) is -0.126. The second-order valence-electron chi connectivity index (χ2n) is 4.00. The average Bonchev–Trinajstić information content (AvgIpc) is 2.16. The first-order valence-electron chi connectivity index (χ1n) is 5.14. The Morgan fingerprint density at radius 2 is 1.93 bits per heavy atom. The molecule has 1 aromatic rings. The molecule has 0 heterocycles. The van der Waals surface area contributed by atoms with Crippen LogP contribution in [0.25, 0.3) is 0 Å². The number of aryl methyl sites for hydroxylation is 1. The Labute approximate surface area is 90.7 Å². The van der Waals surface area contributed by atoms with Crippen LogP contribution in [0.4, 0.5) is 0 Å². The molecule has 0 aliphatic carbocycles. The minimum Gasteiger partial charge on any atom is -0.352 e. The zero-order chi connectivity index (χ0) is 11.4. The number of benzene rings is 1. The van der Waals surface area contributed by atoms with E-state index < -0.39 is 6.04 Å². The third kappa shape index (κ3) is 3.06. The van der Waals surface area contributed by atoms with E-state index in [1.165, 1.54) is 0 Å². The molecule has 0 spiro atoms. The zero-order valence-electron chi connectivity index (χ0n) is 9.45. The van der Waals surface area contributed by atoms with Gasteiger partial charge in [0.15, 0.2) is 0 Å².